The molecule has 86 heavy (non-hydrogen) atoms. The minimum atomic E-state index is -0.214. The van der Waals surface area contributed by atoms with Crippen LogP contribution in [0.5, 0.6) is 0 Å². The van der Waals surface area contributed by atoms with Crippen molar-refractivity contribution in [2.45, 2.75) is 110 Å². The fourth-order valence-electron chi connectivity index (χ4n) is 7.40. The summed E-state index contributed by atoms with van der Waals surface area (Å²) in [5.41, 5.74) is 9.37. The zero-order chi connectivity index (χ0) is 65.2. The second-order valence-electron chi connectivity index (χ2n) is 15.5. The average molecular weight is 1880 g/mol. The smallest absolute Gasteiger partial charge is 0.0949 e. The maximum Gasteiger partial charge on any atom is 0.0949 e. The zero-order valence-electron chi connectivity index (χ0n) is 52.8. The van der Waals surface area contributed by atoms with Crippen LogP contribution in [0.15, 0.2) is 189 Å². The molecule has 19 heteroatoms. The summed E-state index contributed by atoms with van der Waals surface area (Å²) in [5.74, 6) is 1.11. The van der Waals surface area contributed by atoms with Crippen LogP contribution in [-0.2, 0) is 27.4 Å². The zero-order valence-corrected chi connectivity index (χ0v) is 67.1. The second kappa shape index (κ2) is 54.4. The number of imidazole rings is 2. The van der Waals surface area contributed by atoms with Gasteiger partial charge >= 0.3 is 99.9 Å². The third-order valence-electron chi connectivity index (χ3n) is 10.7. The Labute approximate surface area is 587 Å². The number of fused-ring (bicyclic) bond motifs is 2. The topological polar surface area (TPSA) is 134 Å². The summed E-state index contributed by atoms with van der Waals surface area (Å²) < 4.78 is 3.93. The fourth-order valence-corrected chi connectivity index (χ4v) is 7.40. The number of ketones is 1. The number of hydrogen-bond acceptors (Lipinski definition) is 9. The Morgan fingerprint density at radius 1 is 0.547 bits per heavy atom. The monoisotopic (exact) mass is 1880 g/mol. The number of carbonyl (C=O) groups is 2. The van der Waals surface area contributed by atoms with E-state index in [1.54, 1.807) is 31.8 Å². The first-order valence-electron chi connectivity index (χ1n) is 28.3. The first kappa shape index (κ1) is 84.5. The molecule has 0 aliphatic carbocycles. The van der Waals surface area contributed by atoms with E-state index in [0.717, 1.165) is 56.4 Å². The van der Waals surface area contributed by atoms with E-state index in [1.165, 1.54) is 17.7 Å². The number of carbonyl (C=O) groups excluding carboxylic acids is 2. The van der Waals surface area contributed by atoms with Crippen molar-refractivity contribution < 1.29 is 37.1 Å². The number of nitrogens with zero attached hydrogens (tertiary/aromatic N) is 9. The van der Waals surface area contributed by atoms with Crippen molar-refractivity contribution in [1.82, 2.24) is 44.1 Å². The molecule has 465 valence electrons. The summed E-state index contributed by atoms with van der Waals surface area (Å²) in [7, 11) is 3.67. The van der Waals surface area contributed by atoms with Crippen molar-refractivity contribution in [2.24, 2.45) is 0 Å². The first-order chi connectivity index (χ1) is 42.1. The molecule has 1 amide bonds. The number of halogens is 6. The first-order valence-corrected chi connectivity index (χ1v) is 52.1. The number of alkyl halides is 1. The standard InChI is InChI=1S/C26H20N4O.C18H17N3O2.C10H10N2.6C2H6.CH3I.I3.2HI.V/c1-18-28-23-13-12-21(14-22(23)25(29-18)20-10-6-3-7-11-20)26(31)24-15-27-17-30(24)16-19-8-4-2-5-9-19;1-12-19-16-10-9-14(18(22)21(2)23-3)11-15(16)17(20-12)13-7-5-4-6-8-13;1-2-4-10(5-3-1)8-12-7-6-11-9-12;7*1-2;1-3-2;;;/h2-15,17H,16H2,1H3;4-11H,1-3H3;1-7,9H,8H2;6*1-2H3;1H3;;2*1H;/q;;;;;;;;;;-1;;;+2/p-2. The van der Waals surface area contributed by atoms with E-state index in [1.807, 2.05) is 258 Å². The van der Waals surface area contributed by atoms with Crippen LogP contribution in [-0.4, -0.2) is 74.9 Å². The van der Waals surface area contributed by atoms with Crippen LogP contribution in [0.1, 0.15) is 132 Å². The normalized spacial score (nSPS) is 9.14. The Bertz CT molecular complexity index is 3280. The molecule has 0 saturated heterocycles. The molecule has 6 aromatic carbocycles. The second-order valence-corrected chi connectivity index (χ2v) is 43.5. The van der Waals surface area contributed by atoms with Gasteiger partial charge in [-0.25, -0.2) is 35.0 Å². The molecule has 0 unspecified atom stereocenters. The minimum absolute atomic E-state index is 0.0742. The van der Waals surface area contributed by atoms with Crippen molar-refractivity contribution in [1.29, 1.82) is 0 Å². The molecule has 0 spiro atoms. The van der Waals surface area contributed by atoms with E-state index in [-0.39, 0.29) is 11.7 Å². The number of hydrogen-bond donors (Lipinski definition) is 0. The Morgan fingerprint density at radius 3 is 1.33 bits per heavy atom. The van der Waals surface area contributed by atoms with Gasteiger partial charge in [-0.3, -0.25) is 14.4 Å². The predicted molar refractivity (Wildman–Crippen MR) is 402 cm³/mol. The van der Waals surface area contributed by atoms with Crippen LogP contribution in [0.3, 0.4) is 0 Å². The molecule has 0 bridgehead atoms. The van der Waals surface area contributed by atoms with Gasteiger partial charge in [0.1, 0.15) is 17.3 Å². The fraction of sp³-hybridized carbons (Fsp3) is 0.284. The summed E-state index contributed by atoms with van der Waals surface area (Å²) in [6.07, 6.45) is 8.91. The molecule has 0 fully saturated rings. The molecule has 0 aliphatic heterocycles. The van der Waals surface area contributed by atoms with Gasteiger partial charge in [0.05, 0.1) is 48.4 Å². The molecule has 0 atom stereocenters. The van der Waals surface area contributed by atoms with E-state index in [0.29, 0.717) is 57.7 Å². The Kier molecular flexibility index (Phi) is 53.5. The summed E-state index contributed by atoms with van der Waals surface area (Å²) in [6.45, 7) is 29.2. The van der Waals surface area contributed by atoms with Crippen molar-refractivity contribution >= 4 is 133 Å². The SMILES string of the molecule is CC.CC.CC.CC.CC.CC.CI.CON(C)C(=O)c1ccc2nc(C)nc(-c3ccccc3)c2c1.Cc1nc(-c2ccccc2)c2cc(C(=O)c3cncn3Cc3ccccc3)ccc2n1.I[I-]I.[I][V][I].c1ccc(Cn2ccnc2)cc1. The van der Waals surface area contributed by atoms with Crippen LogP contribution >= 0.6 is 99.8 Å². The molecule has 4 heterocycles. The van der Waals surface area contributed by atoms with Crippen molar-refractivity contribution in [3.63, 3.8) is 0 Å². The summed E-state index contributed by atoms with van der Waals surface area (Å²) in [6, 6.07) is 51.2. The van der Waals surface area contributed by atoms with Gasteiger partial charge in [0.15, 0.2) is 0 Å². The summed E-state index contributed by atoms with van der Waals surface area (Å²) in [4.78, 5) is 59.1. The van der Waals surface area contributed by atoms with Gasteiger partial charge < -0.3 is 9.13 Å². The minimum Gasteiger partial charge on any atom is -0.333 e. The number of hydroxylamine groups is 2. The van der Waals surface area contributed by atoms with Crippen LogP contribution in [0, 0.1) is 13.8 Å². The van der Waals surface area contributed by atoms with Gasteiger partial charge in [-0.05, 0) is 66.3 Å². The Balaban J connectivity index is 0. The number of benzene rings is 6. The molecular formula is C67H86I6N9O3V-. The average Bonchev–Trinajstić information content (AvgIpc) is 1.24. The molecule has 10 aromatic rings. The van der Waals surface area contributed by atoms with Gasteiger partial charge in [-0.15, -0.1) is 0 Å². The number of amides is 1. The summed E-state index contributed by atoms with van der Waals surface area (Å²) in [5, 5.41) is 2.90. The quantitative estimate of drug-likeness (QED) is 0.0568. The summed E-state index contributed by atoms with van der Waals surface area (Å²) >= 11 is 12.2. The largest absolute Gasteiger partial charge is 0.333 e. The predicted octanol–water partition coefficient (Wildman–Crippen LogP) is 18.0. The molecule has 0 saturated carbocycles. The van der Waals surface area contributed by atoms with E-state index >= 15 is 0 Å². The molecule has 10 rings (SSSR count). The molecular weight excluding hydrogens is 1790 g/mol. The van der Waals surface area contributed by atoms with Crippen molar-refractivity contribution in [3.05, 3.63) is 229 Å². The molecule has 0 aliphatic rings. The van der Waals surface area contributed by atoms with Crippen molar-refractivity contribution in [2.75, 3.05) is 19.1 Å². The maximum atomic E-state index is 13.4. The van der Waals surface area contributed by atoms with Crippen LogP contribution in [0.25, 0.3) is 44.3 Å². The van der Waals surface area contributed by atoms with Gasteiger partial charge in [0, 0.05) is 65.6 Å². The van der Waals surface area contributed by atoms with Gasteiger partial charge in [0.2, 0.25) is 5.78 Å². The van der Waals surface area contributed by atoms with E-state index < -0.39 is 0 Å². The van der Waals surface area contributed by atoms with Gasteiger partial charge in [-0.2, -0.15) is 0 Å². The van der Waals surface area contributed by atoms with Crippen molar-refractivity contribution in [3.8, 4) is 22.5 Å². The third kappa shape index (κ3) is 30.3. The number of rotatable bonds is 10. The molecule has 12 nitrogen and oxygen atoms in total. The van der Waals surface area contributed by atoms with E-state index in [4.69, 9.17) is 4.84 Å². The molecule has 4 aromatic heterocycles. The van der Waals surface area contributed by atoms with Crippen LogP contribution < -0.4 is 13.3 Å². The maximum absolute atomic E-state index is 13.4. The third-order valence-corrected chi connectivity index (χ3v) is 10.7. The van der Waals surface area contributed by atoms with Gasteiger partial charge in [-0.1, -0.05) is 227 Å². The molecule has 0 N–H and O–H groups in total. The Hall–Kier alpha value is -3.52. The Morgan fingerprint density at radius 2 is 0.930 bits per heavy atom. The van der Waals surface area contributed by atoms with Crippen LogP contribution in [0.2, 0.25) is 0 Å². The van der Waals surface area contributed by atoms with E-state index in [2.05, 4.69) is 146 Å². The van der Waals surface area contributed by atoms with Gasteiger partial charge in [0.25, 0.3) is 5.91 Å². The van der Waals surface area contributed by atoms with E-state index in [9.17, 15) is 9.59 Å². The number of aromatic nitrogens is 8. The number of aryl methyl sites for hydroxylation is 2. The molecule has 0 radical (unpaired) electrons. The van der Waals surface area contributed by atoms with Crippen LogP contribution in [0.4, 0.5) is 0 Å².